The van der Waals surface area contributed by atoms with Crippen molar-refractivity contribution in [3.05, 3.63) is 98.1 Å². The Labute approximate surface area is 202 Å². The van der Waals surface area contributed by atoms with Crippen molar-refractivity contribution in [2.24, 2.45) is 4.99 Å². The van der Waals surface area contributed by atoms with Crippen molar-refractivity contribution in [3.63, 3.8) is 0 Å². The van der Waals surface area contributed by atoms with Crippen LogP contribution in [0, 0.1) is 30.9 Å². The van der Waals surface area contributed by atoms with E-state index in [9.17, 15) is 14.9 Å². The number of benzene rings is 2. The molecule has 1 aliphatic rings. The highest BCUT2D eigenvalue weighted by atomic mass is 79.9. The Kier molecular flexibility index (Phi) is 6.11. The molecular formula is C24H22BrN3O4S. The second-order valence-corrected chi connectivity index (χ2v) is 9.79. The topological polar surface area (TPSA) is 86.7 Å². The molecule has 7 nitrogen and oxygen atoms in total. The van der Waals surface area contributed by atoms with E-state index in [1.54, 1.807) is 29.9 Å². The first-order chi connectivity index (χ1) is 15.6. The molecule has 0 radical (unpaired) electrons. The molecule has 3 aromatic rings. The van der Waals surface area contributed by atoms with E-state index in [1.807, 2.05) is 39.8 Å². The first-order valence-electron chi connectivity index (χ1n) is 10.2. The van der Waals surface area contributed by atoms with Gasteiger partial charge in [0.1, 0.15) is 5.75 Å². The fraction of sp³-hybridized carbons (Fsp3) is 0.250. The Hall–Kier alpha value is -3.04. The number of methoxy groups -OCH3 is 1. The summed E-state index contributed by atoms with van der Waals surface area (Å²) in [7, 11) is 1.65. The van der Waals surface area contributed by atoms with Gasteiger partial charge in [0.15, 0.2) is 4.80 Å². The number of halogens is 1. The van der Waals surface area contributed by atoms with Gasteiger partial charge < -0.3 is 4.74 Å². The summed E-state index contributed by atoms with van der Waals surface area (Å²) in [6.45, 7) is 7.95. The molecular weight excluding hydrogens is 506 g/mol. The lowest BCUT2D eigenvalue weighted by atomic mass is 9.91. The second-order valence-electron chi connectivity index (χ2n) is 7.92. The number of nitrogens with zero attached hydrogens (tertiary/aromatic N) is 3. The van der Waals surface area contributed by atoms with Gasteiger partial charge in [0.2, 0.25) is 0 Å². The summed E-state index contributed by atoms with van der Waals surface area (Å²) in [4.78, 5) is 29.8. The largest absolute Gasteiger partial charge is 0.496 e. The summed E-state index contributed by atoms with van der Waals surface area (Å²) in [6.07, 6.45) is 3.55. The van der Waals surface area contributed by atoms with Crippen LogP contribution in [-0.4, -0.2) is 16.6 Å². The second kappa shape index (κ2) is 8.72. The van der Waals surface area contributed by atoms with E-state index in [2.05, 4.69) is 20.9 Å². The zero-order chi connectivity index (χ0) is 24.0. The molecule has 1 aromatic heterocycles. The minimum absolute atomic E-state index is 0.0691. The van der Waals surface area contributed by atoms with Crippen molar-refractivity contribution in [1.29, 1.82) is 0 Å². The van der Waals surface area contributed by atoms with Gasteiger partial charge in [-0.3, -0.25) is 19.5 Å². The number of nitro groups is 1. The molecule has 1 aliphatic heterocycles. The minimum Gasteiger partial charge on any atom is -0.496 e. The zero-order valence-corrected chi connectivity index (χ0v) is 21.2. The summed E-state index contributed by atoms with van der Waals surface area (Å²) in [5.41, 5.74) is 4.99. The van der Waals surface area contributed by atoms with Crippen LogP contribution in [0.25, 0.3) is 6.08 Å². The Bertz CT molecular complexity index is 1520. The van der Waals surface area contributed by atoms with Crippen LogP contribution in [0.5, 0.6) is 5.75 Å². The first kappa shape index (κ1) is 23.1. The number of fused-ring (bicyclic) bond motifs is 1. The third-order valence-electron chi connectivity index (χ3n) is 5.91. The van der Waals surface area contributed by atoms with Gasteiger partial charge in [-0.1, -0.05) is 17.4 Å². The summed E-state index contributed by atoms with van der Waals surface area (Å²) < 4.78 is 8.12. The average Bonchev–Trinajstić information content (AvgIpc) is 3.06. The maximum absolute atomic E-state index is 13.6. The fourth-order valence-electron chi connectivity index (χ4n) is 4.20. The van der Waals surface area contributed by atoms with Gasteiger partial charge in [-0.2, -0.15) is 0 Å². The maximum atomic E-state index is 13.6. The molecule has 0 spiro atoms. The molecule has 2 aromatic carbocycles. The number of allylic oxidation sites excluding steroid dienone is 2. The molecule has 0 bridgehead atoms. The number of hydrogen-bond donors (Lipinski definition) is 0. The average molecular weight is 528 g/mol. The summed E-state index contributed by atoms with van der Waals surface area (Å²) >= 11 is 4.61. The standard InChI is InChI=1S/C24H22BrN3O4S/c1-12-9-20(32-5)14(3)15(4)22(12)19-10-13(2)26-24-27(19)23(29)21(33-24)11-16-17(25)7-6-8-18(16)28(30)31/h6-11,19H,1-5H3/b21-11-. The molecule has 1 unspecified atom stereocenters. The van der Waals surface area contributed by atoms with Crippen molar-refractivity contribution >= 4 is 39.0 Å². The Balaban J connectivity index is 1.99. The van der Waals surface area contributed by atoms with Gasteiger partial charge in [0.25, 0.3) is 11.2 Å². The quantitative estimate of drug-likeness (QED) is 0.370. The van der Waals surface area contributed by atoms with Gasteiger partial charge in [0.05, 0.1) is 28.2 Å². The number of hydrogen-bond acceptors (Lipinski definition) is 6. The smallest absolute Gasteiger partial charge is 0.277 e. The van der Waals surface area contributed by atoms with Crippen molar-refractivity contribution in [2.75, 3.05) is 7.11 Å². The summed E-state index contributed by atoms with van der Waals surface area (Å²) in [5.74, 6) is 0.808. The van der Waals surface area contributed by atoms with Crippen molar-refractivity contribution in [3.8, 4) is 5.75 Å². The molecule has 0 aliphatic carbocycles. The molecule has 0 saturated carbocycles. The van der Waals surface area contributed by atoms with Crippen LogP contribution in [0.1, 0.15) is 40.8 Å². The van der Waals surface area contributed by atoms with E-state index in [-0.39, 0.29) is 17.3 Å². The number of thiazole rings is 1. The van der Waals surface area contributed by atoms with Crippen LogP contribution < -0.4 is 19.6 Å². The van der Waals surface area contributed by atoms with Crippen molar-refractivity contribution < 1.29 is 9.66 Å². The molecule has 170 valence electrons. The highest BCUT2D eigenvalue weighted by Crippen LogP contribution is 2.34. The van der Waals surface area contributed by atoms with E-state index >= 15 is 0 Å². The molecule has 0 amide bonds. The van der Waals surface area contributed by atoms with Gasteiger partial charge in [-0.15, -0.1) is 0 Å². The monoisotopic (exact) mass is 527 g/mol. The highest BCUT2D eigenvalue weighted by Gasteiger charge is 2.25. The summed E-state index contributed by atoms with van der Waals surface area (Å²) in [6, 6.07) is 6.40. The van der Waals surface area contributed by atoms with Gasteiger partial charge >= 0.3 is 0 Å². The molecule has 0 N–H and O–H groups in total. The molecule has 0 saturated heterocycles. The van der Waals surface area contributed by atoms with Crippen LogP contribution in [-0.2, 0) is 0 Å². The molecule has 1 atom stereocenters. The Morgan fingerprint density at radius 2 is 1.97 bits per heavy atom. The number of nitro benzene ring substituents is 1. The SMILES string of the molecule is COc1cc(C)c(C2C=C(C)N=c3s/c(=C\c4c(Br)cccc4[N+](=O)[O-])c(=O)n32)c(C)c1C. The van der Waals surface area contributed by atoms with Crippen LogP contribution in [0.4, 0.5) is 5.69 Å². The number of ether oxygens (including phenoxy) is 1. The molecule has 9 heteroatoms. The van der Waals surface area contributed by atoms with Crippen molar-refractivity contribution in [2.45, 2.75) is 33.7 Å². The lowest BCUT2D eigenvalue weighted by Gasteiger charge is -2.24. The van der Waals surface area contributed by atoms with E-state index in [0.717, 1.165) is 33.7 Å². The van der Waals surface area contributed by atoms with Gasteiger partial charge in [-0.25, -0.2) is 4.99 Å². The number of rotatable bonds is 4. The fourth-order valence-corrected chi connectivity index (χ4v) is 5.72. The van der Waals surface area contributed by atoms with Gasteiger partial charge in [-0.05, 0) is 90.2 Å². The van der Waals surface area contributed by atoms with E-state index in [4.69, 9.17) is 4.74 Å². The van der Waals surface area contributed by atoms with Crippen molar-refractivity contribution in [1.82, 2.24) is 4.57 Å². The third kappa shape index (κ3) is 3.95. The minimum atomic E-state index is -0.451. The molecule has 2 heterocycles. The third-order valence-corrected chi connectivity index (χ3v) is 7.59. The molecule has 4 rings (SSSR count). The van der Waals surface area contributed by atoms with Crippen LogP contribution in [0.3, 0.4) is 0 Å². The molecule has 33 heavy (non-hydrogen) atoms. The van der Waals surface area contributed by atoms with Crippen LogP contribution in [0.15, 0.2) is 50.3 Å². The normalized spacial score (nSPS) is 15.6. The summed E-state index contributed by atoms with van der Waals surface area (Å²) in [5, 5.41) is 11.5. The highest BCUT2D eigenvalue weighted by molar-refractivity contribution is 9.10. The van der Waals surface area contributed by atoms with E-state index < -0.39 is 4.92 Å². The maximum Gasteiger partial charge on any atom is 0.277 e. The lowest BCUT2D eigenvalue weighted by Crippen LogP contribution is -2.36. The predicted molar refractivity (Wildman–Crippen MR) is 133 cm³/mol. The predicted octanol–water partition coefficient (Wildman–Crippen LogP) is 4.47. The number of aromatic nitrogens is 1. The first-order valence-corrected chi connectivity index (χ1v) is 11.8. The number of aryl methyl sites for hydroxylation is 1. The zero-order valence-electron chi connectivity index (χ0n) is 18.8. The van der Waals surface area contributed by atoms with Crippen LogP contribution >= 0.6 is 27.3 Å². The molecule has 0 fully saturated rings. The lowest BCUT2D eigenvalue weighted by molar-refractivity contribution is -0.385. The Morgan fingerprint density at radius 3 is 2.64 bits per heavy atom. The van der Waals surface area contributed by atoms with E-state index in [1.165, 1.54) is 17.4 Å². The van der Waals surface area contributed by atoms with Crippen LogP contribution in [0.2, 0.25) is 0 Å². The Morgan fingerprint density at radius 1 is 1.24 bits per heavy atom. The van der Waals surface area contributed by atoms with E-state index in [0.29, 0.717) is 19.4 Å². The van der Waals surface area contributed by atoms with Gasteiger partial charge in [0, 0.05) is 16.2 Å².